The Morgan fingerprint density at radius 1 is 0.750 bits per heavy atom. The van der Waals surface area contributed by atoms with Crippen molar-refractivity contribution in [1.82, 2.24) is 0 Å². The normalized spacial score (nSPS) is 22.5. The quantitative estimate of drug-likeness (QED) is 0.145. The number of imide groups is 1. The Kier molecular flexibility index (Phi) is 5.87. The van der Waals surface area contributed by atoms with Crippen LogP contribution in [-0.2, 0) is 14.4 Å². The third-order valence-electron chi connectivity index (χ3n) is 8.64. The van der Waals surface area contributed by atoms with Gasteiger partial charge < -0.3 is 19.1 Å². The standard InChI is InChI=1S/C35H24N2O7/c38-32(21-7-2-1-3-8-21)22-10-14-24(15-11-22)44-35(41)31-30-29(26-16-12-20-6-4-5-9-25(20)37(26)31)33(39)36(34(30)40)23-13-17-27-28(18-23)43-19-42-27/h1-18,26,29-31H,19H2/t26-,29+,30+,31-/m0/s1. The third kappa shape index (κ3) is 3.93. The van der Waals surface area contributed by atoms with Gasteiger partial charge in [-0.2, -0.15) is 0 Å². The fourth-order valence-corrected chi connectivity index (χ4v) is 6.67. The van der Waals surface area contributed by atoms with E-state index in [1.807, 2.05) is 47.4 Å². The second-order valence-corrected chi connectivity index (χ2v) is 11.0. The zero-order valence-corrected chi connectivity index (χ0v) is 23.2. The van der Waals surface area contributed by atoms with E-state index in [4.69, 9.17) is 14.2 Å². The van der Waals surface area contributed by atoms with E-state index in [9.17, 15) is 19.2 Å². The molecule has 0 unspecified atom stereocenters. The summed E-state index contributed by atoms with van der Waals surface area (Å²) in [4.78, 5) is 58.0. The van der Waals surface area contributed by atoms with Crippen LogP contribution in [0.1, 0.15) is 21.5 Å². The van der Waals surface area contributed by atoms with Gasteiger partial charge in [0, 0.05) is 22.9 Å². The monoisotopic (exact) mass is 584 g/mol. The Balaban J connectivity index is 1.13. The van der Waals surface area contributed by atoms with Crippen LogP contribution >= 0.6 is 0 Å². The molecule has 4 aromatic rings. The molecule has 4 aliphatic heterocycles. The van der Waals surface area contributed by atoms with E-state index in [1.165, 1.54) is 0 Å². The molecule has 9 heteroatoms. The highest BCUT2D eigenvalue weighted by Gasteiger charge is 2.65. The lowest BCUT2D eigenvalue weighted by Crippen LogP contribution is -2.50. The molecular weight excluding hydrogens is 560 g/mol. The summed E-state index contributed by atoms with van der Waals surface area (Å²) in [5.74, 6) is -2.28. The number of nitrogens with zero attached hydrogens (tertiary/aromatic N) is 2. The smallest absolute Gasteiger partial charge is 0.335 e. The third-order valence-corrected chi connectivity index (χ3v) is 8.64. The Morgan fingerprint density at radius 3 is 2.27 bits per heavy atom. The molecule has 8 rings (SSSR count). The van der Waals surface area contributed by atoms with Gasteiger partial charge in [0.2, 0.25) is 18.6 Å². The highest BCUT2D eigenvalue weighted by molar-refractivity contribution is 6.24. The number of carbonyl (C=O) groups is 4. The minimum absolute atomic E-state index is 0.0580. The summed E-state index contributed by atoms with van der Waals surface area (Å²) in [5.41, 5.74) is 2.97. The van der Waals surface area contributed by atoms with E-state index in [0.29, 0.717) is 28.3 Å². The minimum atomic E-state index is -1.07. The topological polar surface area (TPSA) is 102 Å². The van der Waals surface area contributed by atoms with Crippen LogP contribution in [0.2, 0.25) is 0 Å². The van der Waals surface area contributed by atoms with Gasteiger partial charge in [-0.15, -0.1) is 0 Å². The average molecular weight is 585 g/mol. The van der Waals surface area contributed by atoms with Gasteiger partial charge in [0.1, 0.15) is 11.8 Å². The van der Waals surface area contributed by atoms with E-state index >= 15 is 0 Å². The molecule has 9 nitrogen and oxygen atoms in total. The van der Waals surface area contributed by atoms with E-state index in [0.717, 1.165) is 16.2 Å². The fraction of sp³-hybridized carbons (Fsp3) is 0.143. The lowest BCUT2D eigenvalue weighted by Gasteiger charge is -2.36. The van der Waals surface area contributed by atoms with Gasteiger partial charge in [-0.05, 0) is 48.0 Å². The summed E-state index contributed by atoms with van der Waals surface area (Å²) < 4.78 is 16.7. The van der Waals surface area contributed by atoms with Crippen molar-refractivity contribution in [2.24, 2.45) is 11.8 Å². The molecule has 44 heavy (non-hydrogen) atoms. The van der Waals surface area contributed by atoms with Crippen LogP contribution < -0.4 is 24.0 Å². The van der Waals surface area contributed by atoms with Gasteiger partial charge in [-0.1, -0.05) is 60.7 Å². The molecule has 0 radical (unpaired) electrons. The number of carbonyl (C=O) groups excluding carboxylic acids is 4. The van der Waals surface area contributed by atoms with E-state index in [1.54, 1.807) is 66.7 Å². The van der Waals surface area contributed by atoms with Gasteiger partial charge in [-0.25, -0.2) is 9.69 Å². The highest BCUT2D eigenvalue weighted by Crippen LogP contribution is 2.50. The number of esters is 1. The van der Waals surface area contributed by atoms with Crippen LogP contribution in [0, 0.1) is 11.8 Å². The van der Waals surface area contributed by atoms with Crippen molar-refractivity contribution < 1.29 is 33.4 Å². The van der Waals surface area contributed by atoms with Crippen molar-refractivity contribution in [3.8, 4) is 17.2 Å². The minimum Gasteiger partial charge on any atom is -0.454 e. The average Bonchev–Trinajstić information content (AvgIpc) is 3.74. The molecule has 2 fully saturated rings. The van der Waals surface area contributed by atoms with Crippen LogP contribution in [0.25, 0.3) is 6.08 Å². The maximum absolute atomic E-state index is 14.1. The van der Waals surface area contributed by atoms with Crippen LogP contribution in [0.4, 0.5) is 11.4 Å². The molecule has 4 aliphatic rings. The number of para-hydroxylation sites is 1. The summed E-state index contributed by atoms with van der Waals surface area (Å²) in [6, 6.07) is 26.1. The predicted octanol–water partition coefficient (Wildman–Crippen LogP) is 4.64. The summed E-state index contributed by atoms with van der Waals surface area (Å²) >= 11 is 0. The molecule has 2 amide bonds. The summed E-state index contributed by atoms with van der Waals surface area (Å²) in [6.07, 6.45) is 3.80. The lowest BCUT2D eigenvalue weighted by molar-refractivity contribution is -0.139. The van der Waals surface area contributed by atoms with Gasteiger partial charge in [0.25, 0.3) is 0 Å². The molecule has 0 N–H and O–H groups in total. The van der Waals surface area contributed by atoms with Gasteiger partial charge in [0.05, 0.1) is 23.6 Å². The first kappa shape index (κ1) is 26.0. The van der Waals surface area contributed by atoms with Crippen molar-refractivity contribution in [2.75, 3.05) is 16.6 Å². The van der Waals surface area contributed by atoms with Gasteiger partial charge in [-0.3, -0.25) is 14.4 Å². The number of ether oxygens (including phenoxy) is 3. The molecule has 0 aliphatic carbocycles. The van der Waals surface area contributed by atoms with Crippen LogP contribution in [-0.4, -0.2) is 42.4 Å². The predicted molar refractivity (Wildman–Crippen MR) is 160 cm³/mol. The van der Waals surface area contributed by atoms with Gasteiger partial charge >= 0.3 is 5.97 Å². The molecule has 0 aromatic heterocycles. The number of ketones is 1. The van der Waals surface area contributed by atoms with Crippen molar-refractivity contribution >= 4 is 41.0 Å². The van der Waals surface area contributed by atoms with Crippen molar-refractivity contribution in [2.45, 2.75) is 12.1 Å². The number of anilines is 2. The summed E-state index contributed by atoms with van der Waals surface area (Å²) in [6.45, 7) is 0.0580. The number of benzene rings is 4. The molecule has 0 spiro atoms. The lowest BCUT2D eigenvalue weighted by atomic mass is 9.89. The number of rotatable bonds is 5. The number of fused-ring (bicyclic) bond motifs is 6. The van der Waals surface area contributed by atoms with E-state index in [-0.39, 0.29) is 18.3 Å². The largest absolute Gasteiger partial charge is 0.454 e. The number of hydrogen-bond donors (Lipinski definition) is 0. The van der Waals surface area contributed by atoms with E-state index < -0.39 is 41.7 Å². The Morgan fingerprint density at radius 2 is 1.45 bits per heavy atom. The van der Waals surface area contributed by atoms with E-state index in [2.05, 4.69) is 0 Å². The fourth-order valence-electron chi connectivity index (χ4n) is 6.67. The molecule has 0 saturated carbocycles. The Labute approximate surface area is 251 Å². The molecular formula is C35H24N2O7. The zero-order chi connectivity index (χ0) is 29.9. The van der Waals surface area contributed by atoms with Crippen LogP contribution in [0.5, 0.6) is 17.2 Å². The second kappa shape index (κ2) is 9.95. The van der Waals surface area contributed by atoms with Crippen molar-refractivity contribution in [1.29, 1.82) is 0 Å². The molecule has 2 saturated heterocycles. The maximum atomic E-state index is 14.1. The molecule has 4 heterocycles. The van der Waals surface area contributed by atoms with Gasteiger partial charge in [0.15, 0.2) is 17.3 Å². The molecule has 4 atom stereocenters. The molecule has 0 bridgehead atoms. The van der Waals surface area contributed by atoms with Crippen molar-refractivity contribution in [3.63, 3.8) is 0 Å². The zero-order valence-electron chi connectivity index (χ0n) is 23.2. The Bertz CT molecular complexity index is 1890. The van der Waals surface area contributed by atoms with Crippen molar-refractivity contribution in [3.05, 3.63) is 120 Å². The first-order chi connectivity index (χ1) is 21.5. The second-order valence-electron chi connectivity index (χ2n) is 11.0. The number of amides is 2. The maximum Gasteiger partial charge on any atom is 0.335 e. The van der Waals surface area contributed by atoms with Crippen LogP contribution in [0.15, 0.2) is 103 Å². The number of hydrogen-bond acceptors (Lipinski definition) is 8. The summed E-state index contributed by atoms with van der Waals surface area (Å²) in [5, 5.41) is 0. The molecule has 4 aromatic carbocycles. The SMILES string of the molecule is O=C(c1ccccc1)c1ccc(OC(=O)[C@@H]2[C@@H]3C(=O)N(c4ccc5c(c4)OCO5)C(=O)[C@@H]3[C@@H]3C=Cc4ccccc4N23)cc1. The highest BCUT2D eigenvalue weighted by atomic mass is 16.7. The Hall–Kier alpha value is -5.70. The first-order valence-corrected chi connectivity index (χ1v) is 14.2. The first-order valence-electron chi connectivity index (χ1n) is 14.2. The molecule has 216 valence electrons. The summed E-state index contributed by atoms with van der Waals surface area (Å²) in [7, 11) is 0. The van der Waals surface area contributed by atoms with Crippen LogP contribution in [0.3, 0.4) is 0 Å².